The molecular weight excluding hydrogens is 244 g/mol. The smallest absolute Gasteiger partial charge is 0.0654 e. The van der Waals surface area contributed by atoms with Crippen molar-refractivity contribution in [3.63, 3.8) is 0 Å². The molecule has 3 saturated carbocycles. The molecule has 0 nitrogen and oxygen atoms in total. The molecule has 0 saturated heterocycles. The zero-order valence-electron chi connectivity index (χ0n) is 12.9. The summed E-state index contributed by atoms with van der Waals surface area (Å²) in [6.07, 6.45) is 4.52. The minimum absolute atomic E-state index is 0.643. The van der Waals surface area contributed by atoms with Gasteiger partial charge in [0.1, 0.15) is 0 Å². The van der Waals surface area contributed by atoms with E-state index >= 15 is 0 Å². The van der Waals surface area contributed by atoms with Gasteiger partial charge < -0.3 is 0 Å². The Balaban J connectivity index is 1.75. The van der Waals surface area contributed by atoms with Crippen LogP contribution in [0.5, 0.6) is 0 Å². The quantitative estimate of drug-likeness (QED) is 0.701. The SMILES string of the molecule is CC1(C)C2CCC(C[Si](C)(C)c3ccccc3)C1C2. The summed E-state index contributed by atoms with van der Waals surface area (Å²) in [4.78, 5) is 0. The summed E-state index contributed by atoms with van der Waals surface area (Å²) in [6.45, 7) is 10.2. The number of benzene rings is 1. The van der Waals surface area contributed by atoms with Crippen molar-refractivity contribution in [3.05, 3.63) is 30.3 Å². The Hall–Kier alpha value is -0.563. The molecule has 1 heteroatoms. The fourth-order valence-corrected chi connectivity index (χ4v) is 8.00. The maximum atomic E-state index is 2.57. The van der Waals surface area contributed by atoms with Gasteiger partial charge in [-0.3, -0.25) is 0 Å². The molecule has 4 rings (SSSR count). The van der Waals surface area contributed by atoms with Crippen molar-refractivity contribution in [2.75, 3.05) is 0 Å². The van der Waals surface area contributed by atoms with E-state index in [-0.39, 0.29) is 0 Å². The highest BCUT2D eigenvalue weighted by Gasteiger charge is 2.54. The van der Waals surface area contributed by atoms with Gasteiger partial charge in [-0.1, -0.05) is 74.9 Å². The third-order valence-electron chi connectivity index (χ3n) is 6.33. The molecule has 2 bridgehead atoms. The lowest BCUT2D eigenvalue weighted by molar-refractivity contribution is -0.0990. The lowest BCUT2D eigenvalue weighted by Gasteiger charge is -2.61. The van der Waals surface area contributed by atoms with Gasteiger partial charge in [-0.2, -0.15) is 0 Å². The molecular formula is C18H28Si. The zero-order valence-corrected chi connectivity index (χ0v) is 13.9. The highest BCUT2D eigenvalue weighted by atomic mass is 28.3. The van der Waals surface area contributed by atoms with E-state index in [0.717, 1.165) is 17.8 Å². The molecule has 3 aliphatic rings. The maximum Gasteiger partial charge on any atom is 0.0809 e. The Labute approximate surface area is 119 Å². The first-order valence-corrected chi connectivity index (χ1v) is 11.2. The third-order valence-corrected chi connectivity index (χ3v) is 9.77. The van der Waals surface area contributed by atoms with Crippen molar-refractivity contribution in [1.29, 1.82) is 0 Å². The second kappa shape index (κ2) is 4.48. The predicted octanol–water partition coefficient (Wildman–Crippen LogP) is 4.67. The van der Waals surface area contributed by atoms with Crippen molar-refractivity contribution in [2.45, 2.75) is 52.2 Å². The predicted molar refractivity (Wildman–Crippen MR) is 86.5 cm³/mol. The first-order valence-electron chi connectivity index (χ1n) is 7.97. The van der Waals surface area contributed by atoms with Crippen molar-refractivity contribution in [3.8, 4) is 0 Å². The lowest BCUT2D eigenvalue weighted by atomic mass is 9.46. The van der Waals surface area contributed by atoms with Gasteiger partial charge in [0.2, 0.25) is 0 Å². The van der Waals surface area contributed by atoms with Gasteiger partial charge in [0.05, 0.1) is 8.07 Å². The summed E-state index contributed by atoms with van der Waals surface area (Å²) < 4.78 is 0. The molecule has 0 radical (unpaired) electrons. The average Bonchev–Trinajstić information content (AvgIpc) is 2.39. The van der Waals surface area contributed by atoms with E-state index in [2.05, 4.69) is 57.3 Å². The standard InChI is InChI=1S/C18H28Si/c1-18(2)15-11-10-14(17(18)12-15)13-19(3,4)16-8-6-5-7-9-16/h5-9,14-15,17H,10-13H2,1-4H3. The van der Waals surface area contributed by atoms with Crippen LogP contribution < -0.4 is 5.19 Å². The second-order valence-electron chi connectivity index (χ2n) is 8.15. The van der Waals surface area contributed by atoms with Crippen molar-refractivity contribution >= 4 is 13.3 Å². The van der Waals surface area contributed by atoms with Crippen molar-refractivity contribution < 1.29 is 0 Å². The molecule has 0 aliphatic heterocycles. The first kappa shape index (κ1) is 13.4. The zero-order chi connectivity index (χ0) is 13.7. The Bertz CT molecular complexity index is 444. The van der Waals surface area contributed by atoms with Gasteiger partial charge >= 0.3 is 0 Å². The van der Waals surface area contributed by atoms with Crippen LogP contribution in [0.1, 0.15) is 33.1 Å². The van der Waals surface area contributed by atoms with E-state index in [0.29, 0.717) is 5.41 Å². The first-order chi connectivity index (χ1) is 8.91. The molecule has 0 N–H and O–H groups in total. The normalized spacial score (nSPS) is 32.7. The second-order valence-corrected chi connectivity index (χ2v) is 12.9. The van der Waals surface area contributed by atoms with Crippen LogP contribution in [0.15, 0.2) is 30.3 Å². The highest BCUT2D eigenvalue weighted by Crippen LogP contribution is 2.62. The molecule has 3 unspecified atom stereocenters. The molecule has 0 spiro atoms. The summed E-state index contributed by atoms with van der Waals surface area (Å²) in [5.74, 6) is 3.05. The molecule has 3 atom stereocenters. The number of rotatable bonds is 3. The van der Waals surface area contributed by atoms with E-state index in [1.807, 2.05) is 0 Å². The number of fused-ring (bicyclic) bond motifs is 2. The molecule has 0 heterocycles. The van der Waals surface area contributed by atoms with Crippen molar-refractivity contribution in [1.82, 2.24) is 0 Å². The molecule has 0 amide bonds. The Morgan fingerprint density at radius 2 is 1.79 bits per heavy atom. The fraction of sp³-hybridized carbons (Fsp3) is 0.667. The molecule has 19 heavy (non-hydrogen) atoms. The summed E-state index contributed by atoms with van der Waals surface area (Å²) in [5, 5.41) is 1.65. The summed E-state index contributed by atoms with van der Waals surface area (Å²) in [6, 6.07) is 12.8. The van der Waals surface area contributed by atoms with Crippen LogP contribution in [0.3, 0.4) is 0 Å². The van der Waals surface area contributed by atoms with Crippen LogP contribution in [0, 0.1) is 23.2 Å². The summed E-state index contributed by atoms with van der Waals surface area (Å²) >= 11 is 0. The molecule has 1 aromatic rings. The van der Waals surface area contributed by atoms with Gasteiger partial charge in [0.25, 0.3) is 0 Å². The summed E-state index contributed by atoms with van der Waals surface area (Å²) in [7, 11) is -1.25. The van der Waals surface area contributed by atoms with Gasteiger partial charge in [-0.15, -0.1) is 0 Å². The van der Waals surface area contributed by atoms with E-state index in [1.165, 1.54) is 25.3 Å². The van der Waals surface area contributed by atoms with Gasteiger partial charge in [-0.05, 0) is 36.0 Å². The van der Waals surface area contributed by atoms with Crippen LogP contribution in [-0.4, -0.2) is 8.07 Å². The van der Waals surface area contributed by atoms with Gasteiger partial charge in [0.15, 0.2) is 0 Å². The Morgan fingerprint density at radius 3 is 2.37 bits per heavy atom. The minimum Gasteiger partial charge on any atom is -0.0654 e. The Morgan fingerprint density at radius 1 is 1.11 bits per heavy atom. The van der Waals surface area contributed by atoms with Crippen molar-refractivity contribution in [2.24, 2.45) is 23.2 Å². The molecule has 0 aromatic heterocycles. The highest BCUT2D eigenvalue weighted by molar-refractivity contribution is 6.89. The van der Waals surface area contributed by atoms with Crippen LogP contribution >= 0.6 is 0 Å². The largest absolute Gasteiger partial charge is 0.0809 e. The van der Waals surface area contributed by atoms with Gasteiger partial charge in [0, 0.05) is 0 Å². The molecule has 104 valence electrons. The molecule has 3 aliphatic carbocycles. The number of hydrogen-bond donors (Lipinski definition) is 0. The van der Waals surface area contributed by atoms with Crippen LogP contribution in [-0.2, 0) is 0 Å². The fourth-order valence-electron chi connectivity index (χ4n) is 4.87. The maximum absolute atomic E-state index is 2.57. The molecule has 1 aromatic carbocycles. The van der Waals surface area contributed by atoms with Crippen LogP contribution in [0.25, 0.3) is 0 Å². The van der Waals surface area contributed by atoms with Crippen LogP contribution in [0.2, 0.25) is 19.1 Å². The molecule has 3 fully saturated rings. The average molecular weight is 273 g/mol. The third kappa shape index (κ3) is 2.20. The Kier molecular flexibility index (Phi) is 3.16. The number of hydrogen-bond acceptors (Lipinski definition) is 0. The summed E-state index contributed by atoms with van der Waals surface area (Å²) in [5.41, 5.74) is 0.643. The lowest BCUT2D eigenvalue weighted by Crippen LogP contribution is -2.55. The van der Waals surface area contributed by atoms with E-state index in [4.69, 9.17) is 0 Å². The monoisotopic (exact) mass is 272 g/mol. The minimum atomic E-state index is -1.25. The van der Waals surface area contributed by atoms with E-state index in [1.54, 1.807) is 5.19 Å². The van der Waals surface area contributed by atoms with Crippen LogP contribution in [0.4, 0.5) is 0 Å². The van der Waals surface area contributed by atoms with E-state index in [9.17, 15) is 0 Å². The topological polar surface area (TPSA) is 0 Å². The van der Waals surface area contributed by atoms with E-state index < -0.39 is 8.07 Å². The van der Waals surface area contributed by atoms with Gasteiger partial charge in [-0.25, -0.2) is 0 Å².